The number of aliphatic carboxylic acids is 1. The molecular formula is C12H13FO3. The Morgan fingerprint density at radius 2 is 2.19 bits per heavy atom. The predicted octanol–water partition coefficient (Wildman–Crippen LogP) is 1.52. The smallest absolute Gasteiger partial charge is 0.306 e. The number of benzene rings is 1. The summed E-state index contributed by atoms with van der Waals surface area (Å²) in [7, 11) is 0. The van der Waals surface area contributed by atoms with Crippen molar-refractivity contribution in [1.29, 1.82) is 0 Å². The normalized spacial score (nSPS) is 23.9. The first kappa shape index (κ1) is 11.1. The van der Waals surface area contributed by atoms with E-state index in [0.29, 0.717) is 12.8 Å². The third kappa shape index (κ3) is 2.22. The first-order chi connectivity index (χ1) is 7.48. The van der Waals surface area contributed by atoms with Gasteiger partial charge in [0.2, 0.25) is 0 Å². The fourth-order valence-corrected chi connectivity index (χ4v) is 2.25. The Morgan fingerprint density at radius 3 is 2.88 bits per heavy atom. The first-order valence-corrected chi connectivity index (χ1v) is 5.20. The van der Waals surface area contributed by atoms with Crippen LogP contribution in [0.2, 0.25) is 0 Å². The van der Waals surface area contributed by atoms with Crippen LogP contribution in [0.3, 0.4) is 0 Å². The summed E-state index contributed by atoms with van der Waals surface area (Å²) in [6.07, 6.45) is 0.937. The van der Waals surface area contributed by atoms with E-state index < -0.39 is 11.6 Å². The zero-order valence-corrected chi connectivity index (χ0v) is 8.74. The van der Waals surface area contributed by atoms with Gasteiger partial charge >= 0.3 is 5.97 Å². The number of hydrogen-bond acceptors (Lipinski definition) is 2. The van der Waals surface area contributed by atoms with E-state index in [2.05, 4.69) is 0 Å². The average Bonchev–Trinajstić information content (AvgIpc) is 2.14. The average molecular weight is 224 g/mol. The van der Waals surface area contributed by atoms with Crippen molar-refractivity contribution < 1.29 is 19.4 Å². The molecule has 1 aliphatic carbocycles. The molecule has 0 saturated heterocycles. The van der Waals surface area contributed by atoms with Gasteiger partial charge in [-0.2, -0.15) is 0 Å². The third-order valence-corrected chi connectivity index (χ3v) is 3.03. The second-order valence-corrected chi connectivity index (χ2v) is 4.38. The van der Waals surface area contributed by atoms with Gasteiger partial charge in [-0.15, -0.1) is 0 Å². The standard InChI is InChI=1S/C12H13FO3/c13-10-2-1-8-3-4-12(16,7-11(14)15)6-9(8)5-10/h1-2,5,16H,3-4,6-7H2,(H,14,15). The maximum absolute atomic E-state index is 13.0. The van der Waals surface area contributed by atoms with Gasteiger partial charge in [-0.1, -0.05) is 6.07 Å². The summed E-state index contributed by atoms with van der Waals surface area (Å²) in [5.74, 6) is -1.37. The van der Waals surface area contributed by atoms with Gasteiger partial charge in [0.1, 0.15) is 5.82 Å². The molecule has 0 saturated carbocycles. The summed E-state index contributed by atoms with van der Waals surface area (Å²) >= 11 is 0. The molecule has 1 atom stereocenters. The highest BCUT2D eigenvalue weighted by molar-refractivity contribution is 5.68. The number of carboxylic acid groups (broad SMARTS) is 1. The van der Waals surface area contributed by atoms with Crippen molar-refractivity contribution in [3.63, 3.8) is 0 Å². The Balaban J connectivity index is 2.25. The predicted molar refractivity (Wildman–Crippen MR) is 55.6 cm³/mol. The molecule has 0 amide bonds. The SMILES string of the molecule is O=C(O)CC1(O)CCc2ccc(F)cc2C1. The lowest BCUT2D eigenvalue weighted by atomic mass is 9.78. The summed E-state index contributed by atoms with van der Waals surface area (Å²) in [6, 6.07) is 4.47. The van der Waals surface area contributed by atoms with E-state index >= 15 is 0 Å². The van der Waals surface area contributed by atoms with Gasteiger partial charge in [-0.3, -0.25) is 4.79 Å². The van der Waals surface area contributed by atoms with Crippen molar-refractivity contribution in [1.82, 2.24) is 0 Å². The number of aliphatic hydroxyl groups is 1. The van der Waals surface area contributed by atoms with Crippen LogP contribution >= 0.6 is 0 Å². The lowest BCUT2D eigenvalue weighted by Crippen LogP contribution is -2.38. The van der Waals surface area contributed by atoms with E-state index in [0.717, 1.165) is 11.1 Å². The summed E-state index contributed by atoms with van der Waals surface area (Å²) in [5.41, 5.74) is 0.485. The van der Waals surface area contributed by atoms with Gasteiger partial charge in [0.15, 0.2) is 0 Å². The summed E-state index contributed by atoms with van der Waals surface area (Å²) in [6.45, 7) is 0. The van der Waals surface area contributed by atoms with Crippen molar-refractivity contribution in [3.8, 4) is 0 Å². The minimum absolute atomic E-state index is 0.215. The van der Waals surface area contributed by atoms with Crippen LogP contribution in [-0.2, 0) is 17.6 Å². The maximum Gasteiger partial charge on any atom is 0.306 e. The van der Waals surface area contributed by atoms with Crippen molar-refractivity contribution in [2.75, 3.05) is 0 Å². The van der Waals surface area contributed by atoms with Crippen LogP contribution in [0.4, 0.5) is 4.39 Å². The van der Waals surface area contributed by atoms with Crippen LogP contribution in [0.25, 0.3) is 0 Å². The number of aryl methyl sites for hydroxylation is 1. The van der Waals surface area contributed by atoms with E-state index in [4.69, 9.17) is 5.11 Å². The van der Waals surface area contributed by atoms with Crippen LogP contribution in [0.1, 0.15) is 24.0 Å². The summed E-state index contributed by atoms with van der Waals surface area (Å²) < 4.78 is 13.0. The zero-order chi connectivity index (χ0) is 11.8. The van der Waals surface area contributed by atoms with Crippen LogP contribution in [0.15, 0.2) is 18.2 Å². The van der Waals surface area contributed by atoms with Crippen molar-refractivity contribution in [2.24, 2.45) is 0 Å². The Bertz CT molecular complexity index is 430. The maximum atomic E-state index is 13.0. The first-order valence-electron chi connectivity index (χ1n) is 5.20. The van der Waals surface area contributed by atoms with Crippen LogP contribution < -0.4 is 0 Å². The molecule has 0 heterocycles. The highest BCUT2D eigenvalue weighted by Crippen LogP contribution is 2.31. The van der Waals surface area contributed by atoms with Gasteiger partial charge in [-0.25, -0.2) is 4.39 Å². The lowest BCUT2D eigenvalue weighted by molar-refractivity contribution is -0.143. The fraction of sp³-hybridized carbons (Fsp3) is 0.417. The van der Waals surface area contributed by atoms with Gasteiger partial charge in [0.05, 0.1) is 12.0 Å². The van der Waals surface area contributed by atoms with E-state index in [9.17, 15) is 14.3 Å². The Kier molecular flexibility index (Phi) is 2.68. The molecule has 1 unspecified atom stereocenters. The number of fused-ring (bicyclic) bond motifs is 1. The molecule has 3 nitrogen and oxygen atoms in total. The van der Waals surface area contributed by atoms with Gasteiger partial charge < -0.3 is 10.2 Å². The highest BCUT2D eigenvalue weighted by atomic mass is 19.1. The van der Waals surface area contributed by atoms with Crippen LogP contribution in [0, 0.1) is 5.82 Å². The molecule has 0 fully saturated rings. The van der Waals surface area contributed by atoms with Crippen molar-refractivity contribution >= 4 is 5.97 Å². The number of hydrogen-bond donors (Lipinski definition) is 2. The second kappa shape index (κ2) is 3.87. The fourth-order valence-electron chi connectivity index (χ4n) is 2.25. The topological polar surface area (TPSA) is 57.5 Å². The molecule has 86 valence electrons. The molecule has 1 aromatic rings. The van der Waals surface area contributed by atoms with Gasteiger partial charge in [-0.05, 0) is 36.1 Å². The van der Waals surface area contributed by atoms with Crippen molar-refractivity contribution in [2.45, 2.75) is 31.3 Å². The molecule has 4 heteroatoms. The highest BCUT2D eigenvalue weighted by Gasteiger charge is 2.34. The van der Waals surface area contributed by atoms with E-state index in [1.54, 1.807) is 6.07 Å². The third-order valence-electron chi connectivity index (χ3n) is 3.03. The van der Waals surface area contributed by atoms with E-state index in [1.165, 1.54) is 12.1 Å². The molecule has 2 rings (SSSR count). The largest absolute Gasteiger partial charge is 0.481 e. The Morgan fingerprint density at radius 1 is 1.44 bits per heavy atom. The van der Waals surface area contributed by atoms with Crippen molar-refractivity contribution in [3.05, 3.63) is 35.1 Å². The number of carbonyl (C=O) groups is 1. The van der Waals surface area contributed by atoms with Crippen LogP contribution in [0.5, 0.6) is 0 Å². The molecule has 0 spiro atoms. The molecule has 2 N–H and O–H groups in total. The van der Waals surface area contributed by atoms with Gasteiger partial charge in [0.25, 0.3) is 0 Å². The minimum Gasteiger partial charge on any atom is -0.481 e. The molecule has 0 aliphatic heterocycles. The molecule has 1 aromatic carbocycles. The molecule has 16 heavy (non-hydrogen) atoms. The molecule has 0 radical (unpaired) electrons. The molecular weight excluding hydrogens is 211 g/mol. The second-order valence-electron chi connectivity index (χ2n) is 4.38. The van der Waals surface area contributed by atoms with Gasteiger partial charge in [0, 0.05) is 6.42 Å². The van der Waals surface area contributed by atoms with E-state index in [1.807, 2.05) is 0 Å². The molecule has 0 aromatic heterocycles. The van der Waals surface area contributed by atoms with E-state index in [-0.39, 0.29) is 18.7 Å². The number of rotatable bonds is 2. The number of halogens is 1. The summed E-state index contributed by atoms with van der Waals surface area (Å²) in [5, 5.41) is 18.8. The van der Waals surface area contributed by atoms with Crippen LogP contribution in [-0.4, -0.2) is 21.8 Å². The number of carboxylic acids is 1. The summed E-state index contributed by atoms with van der Waals surface area (Å²) in [4.78, 5) is 10.6. The Labute approximate surface area is 92.5 Å². The monoisotopic (exact) mass is 224 g/mol. The lowest BCUT2D eigenvalue weighted by Gasteiger charge is -2.32. The minimum atomic E-state index is -1.23. The quantitative estimate of drug-likeness (QED) is 0.800. The zero-order valence-electron chi connectivity index (χ0n) is 8.74. The molecule has 0 bridgehead atoms. The molecule has 1 aliphatic rings. The Hall–Kier alpha value is -1.42.